The number of carbonyl (C=O) groups excluding carboxylic acids is 1. The predicted octanol–water partition coefficient (Wildman–Crippen LogP) is 2.85. The predicted molar refractivity (Wildman–Crippen MR) is 83.0 cm³/mol. The van der Waals surface area contributed by atoms with E-state index in [1.165, 1.54) is 0 Å². The summed E-state index contributed by atoms with van der Waals surface area (Å²) in [6.07, 6.45) is 1.94. The Kier molecular flexibility index (Phi) is 3.44. The lowest BCUT2D eigenvalue weighted by molar-refractivity contribution is 0.0785. The summed E-state index contributed by atoms with van der Waals surface area (Å²) in [5.74, 6) is 0.00593. The quantitative estimate of drug-likeness (QED) is 0.739. The maximum absolute atomic E-state index is 12.5. The van der Waals surface area contributed by atoms with E-state index in [2.05, 4.69) is 5.10 Å². The molecule has 0 radical (unpaired) electrons. The van der Waals surface area contributed by atoms with Crippen LogP contribution in [-0.4, -0.2) is 27.6 Å². The van der Waals surface area contributed by atoms with E-state index in [0.717, 1.165) is 16.5 Å². The van der Waals surface area contributed by atoms with Crippen LogP contribution in [0.3, 0.4) is 0 Å². The molecular weight excluding hydrogens is 262 g/mol. The third-order valence-electron chi connectivity index (χ3n) is 3.48. The first kappa shape index (κ1) is 13.4. The van der Waals surface area contributed by atoms with Gasteiger partial charge in [-0.25, -0.2) is 0 Å². The monoisotopic (exact) mass is 279 g/mol. The van der Waals surface area contributed by atoms with Crippen molar-refractivity contribution in [2.45, 2.75) is 6.54 Å². The van der Waals surface area contributed by atoms with Crippen molar-refractivity contribution in [3.63, 3.8) is 0 Å². The van der Waals surface area contributed by atoms with Crippen LogP contribution in [0.25, 0.3) is 10.9 Å². The van der Waals surface area contributed by atoms with Crippen LogP contribution in [0.15, 0.2) is 54.7 Å². The maximum atomic E-state index is 12.5. The lowest BCUT2D eigenvalue weighted by Crippen LogP contribution is -2.26. The Morgan fingerprint density at radius 3 is 2.71 bits per heavy atom. The molecule has 0 saturated carbocycles. The summed E-state index contributed by atoms with van der Waals surface area (Å²) < 4.78 is 1.76. The normalized spacial score (nSPS) is 10.8. The summed E-state index contributed by atoms with van der Waals surface area (Å²) in [5, 5.41) is 5.39. The van der Waals surface area contributed by atoms with Crippen LogP contribution in [0.4, 0.5) is 0 Å². The third-order valence-corrected chi connectivity index (χ3v) is 3.48. The molecule has 3 aromatic rings. The first-order valence-electron chi connectivity index (χ1n) is 6.86. The van der Waals surface area contributed by atoms with E-state index in [9.17, 15) is 4.79 Å². The lowest BCUT2D eigenvalue weighted by Gasteiger charge is -2.17. The van der Waals surface area contributed by atoms with Gasteiger partial charge in [0.25, 0.3) is 5.91 Å². The van der Waals surface area contributed by atoms with Crippen LogP contribution in [0.5, 0.6) is 0 Å². The third kappa shape index (κ3) is 2.79. The zero-order valence-corrected chi connectivity index (χ0v) is 12.2. The van der Waals surface area contributed by atoms with Gasteiger partial charge in [0.2, 0.25) is 0 Å². The molecule has 0 aliphatic heterocycles. The molecule has 0 N–H and O–H groups in total. The van der Waals surface area contributed by atoms with Crippen LogP contribution in [0.1, 0.15) is 15.9 Å². The zero-order valence-electron chi connectivity index (χ0n) is 12.2. The molecule has 1 amide bonds. The Balaban J connectivity index is 1.82. The van der Waals surface area contributed by atoms with Crippen molar-refractivity contribution >= 4 is 16.8 Å². The summed E-state index contributed by atoms with van der Waals surface area (Å²) in [4.78, 5) is 14.2. The highest BCUT2D eigenvalue weighted by Crippen LogP contribution is 2.16. The van der Waals surface area contributed by atoms with E-state index in [-0.39, 0.29) is 5.91 Å². The van der Waals surface area contributed by atoms with Gasteiger partial charge >= 0.3 is 0 Å². The maximum Gasteiger partial charge on any atom is 0.253 e. The number of fused-ring (bicyclic) bond motifs is 1. The van der Waals surface area contributed by atoms with Gasteiger partial charge in [-0.1, -0.05) is 36.4 Å². The molecular formula is C17H17N3O. The molecule has 0 aliphatic rings. The van der Waals surface area contributed by atoms with E-state index >= 15 is 0 Å². The largest absolute Gasteiger partial charge is 0.337 e. The molecule has 4 heteroatoms. The molecule has 0 atom stereocenters. The summed E-state index contributed by atoms with van der Waals surface area (Å²) in [6.45, 7) is 0.597. The molecule has 0 saturated heterocycles. The summed E-state index contributed by atoms with van der Waals surface area (Å²) in [7, 11) is 3.70. The molecule has 106 valence electrons. The molecule has 0 spiro atoms. The molecule has 1 aromatic heterocycles. The first-order valence-corrected chi connectivity index (χ1v) is 6.86. The molecule has 2 aromatic carbocycles. The van der Waals surface area contributed by atoms with Gasteiger partial charge in [0.15, 0.2) is 0 Å². The summed E-state index contributed by atoms with van der Waals surface area (Å²) in [6, 6.07) is 15.6. The fourth-order valence-electron chi connectivity index (χ4n) is 2.42. The van der Waals surface area contributed by atoms with E-state index < -0.39 is 0 Å². The van der Waals surface area contributed by atoms with Gasteiger partial charge in [0.1, 0.15) is 0 Å². The number of amides is 1. The van der Waals surface area contributed by atoms with Crippen LogP contribution in [0.2, 0.25) is 0 Å². The molecule has 0 aliphatic carbocycles. The minimum Gasteiger partial charge on any atom is -0.337 e. The smallest absolute Gasteiger partial charge is 0.253 e. The highest BCUT2D eigenvalue weighted by atomic mass is 16.2. The van der Waals surface area contributed by atoms with E-state index in [1.807, 2.05) is 68.8 Å². The Hall–Kier alpha value is -2.62. The van der Waals surface area contributed by atoms with Crippen molar-refractivity contribution < 1.29 is 4.79 Å². The van der Waals surface area contributed by atoms with Gasteiger partial charge in [-0.3, -0.25) is 9.48 Å². The van der Waals surface area contributed by atoms with Gasteiger partial charge in [-0.15, -0.1) is 0 Å². The first-order chi connectivity index (χ1) is 10.1. The Morgan fingerprint density at radius 1 is 1.19 bits per heavy atom. The van der Waals surface area contributed by atoms with Crippen LogP contribution in [-0.2, 0) is 13.6 Å². The van der Waals surface area contributed by atoms with Crippen molar-refractivity contribution in [1.82, 2.24) is 14.7 Å². The van der Waals surface area contributed by atoms with E-state index in [1.54, 1.807) is 9.58 Å². The lowest BCUT2D eigenvalue weighted by atomic mass is 10.1. The molecule has 4 nitrogen and oxygen atoms in total. The molecule has 0 fully saturated rings. The fourth-order valence-corrected chi connectivity index (χ4v) is 2.42. The van der Waals surface area contributed by atoms with Gasteiger partial charge < -0.3 is 4.90 Å². The minimum atomic E-state index is 0.00593. The number of rotatable bonds is 3. The number of carbonyl (C=O) groups is 1. The van der Waals surface area contributed by atoms with E-state index in [0.29, 0.717) is 12.1 Å². The zero-order chi connectivity index (χ0) is 14.8. The van der Waals surface area contributed by atoms with Crippen molar-refractivity contribution in [2.24, 2.45) is 7.05 Å². The highest BCUT2D eigenvalue weighted by Gasteiger charge is 2.13. The van der Waals surface area contributed by atoms with Crippen LogP contribution >= 0.6 is 0 Å². The second-order valence-corrected chi connectivity index (χ2v) is 5.22. The van der Waals surface area contributed by atoms with Crippen molar-refractivity contribution in [1.29, 1.82) is 0 Å². The van der Waals surface area contributed by atoms with Crippen molar-refractivity contribution in [3.05, 3.63) is 65.9 Å². The molecule has 0 unspecified atom stereocenters. The van der Waals surface area contributed by atoms with Crippen molar-refractivity contribution in [2.75, 3.05) is 7.05 Å². The number of aryl methyl sites for hydroxylation is 1. The van der Waals surface area contributed by atoms with Crippen LogP contribution in [0, 0.1) is 0 Å². The number of aromatic nitrogens is 2. The average molecular weight is 279 g/mol. The summed E-state index contributed by atoms with van der Waals surface area (Å²) >= 11 is 0. The second-order valence-electron chi connectivity index (χ2n) is 5.22. The van der Waals surface area contributed by atoms with Crippen molar-refractivity contribution in [3.8, 4) is 0 Å². The summed E-state index contributed by atoms with van der Waals surface area (Å²) in [5.41, 5.74) is 2.63. The second kappa shape index (κ2) is 5.40. The van der Waals surface area contributed by atoms with E-state index in [4.69, 9.17) is 0 Å². The average Bonchev–Trinajstić information content (AvgIpc) is 2.86. The van der Waals surface area contributed by atoms with Gasteiger partial charge in [-0.2, -0.15) is 5.10 Å². The topological polar surface area (TPSA) is 38.1 Å². The fraction of sp³-hybridized carbons (Fsp3) is 0.176. The Bertz CT molecular complexity index is 777. The molecule has 21 heavy (non-hydrogen) atoms. The van der Waals surface area contributed by atoms with Gasteiger partial charge in [-0.05, 0) is 17.7 Å². The number of hydrogen-bond acceptors (Lipinski definition) is 2. The minimum absolute atomic E-state index is 0.00593. The standard InChI is InChI=1S/C17H17N3O/c1-19(11-13-6-4-3-5-7-13)17(21)14-8-9-15-12-20(2)18-16(15)10-14/h3-10,12H,11H2,1-2H3. The SMILES string of the molecule is CN(Cc1ccccc1)C(=O)c1ccc2cn(C)nc2c1. The Morgan fingerprint density at radius 2 is 1.95 bits per heavy atom. The number of hydrogen-bond donors (Lipinski definition) is 0. The molecule has 1 heterocycles. The van der Waals surface area contributed by atoms with Gasteiger partial charge in [0.05, 0.1) is 5.52 Å². The number of benzene rings is 2. The molecule has 0 bridgehead atoms. The van der Waals surface area contributed by atoms with Crippen LogP contribution < -0.4 is 0 Å². The molecule has 3 rings (SSSR count). The highest BCUT2D eigenvalue weighted by molar-refractivity contribution is 5.97. The number of nitrogens with zero attached hydrogens (tertiary/aromatic N) is 3. The Labute approximate surface area is 123 Å². The van der Waals surface area contributed by atoms with Gasteiger partial charge in [0, 0.05) is 37.8 Å².